The Hall–Kier alpha value is -2.09. The number of amides is 2. The summed E-state index contributed by atoms with van der Waals surface area (Å²) in [5, 5.41) is 0. The average molecular weight is 391 g/mol. The van der Waals surface area contributed by atoms with E-state index in [1.54, 1.807) is 4.90 Å². The van der Waals surface area contributed by atoms with E-state index in [9.17, 15) is 18.0 Å². The number of carbonyl (C=O) groups is 2. The van der Waals surface area contributed by atoms with E-state index in [0.717, 1.165) is 18.8 Å². The van der Waals surface area contributed by atoms with E-state index >= 15 is 0 Å². The molecule has 146 valence electrons. The molecule has 0 bridgehead atoms. The molecule has 0 radical (unpaired) electrons. The topological polar surface area (TPSA) is 78.0 Å². The zero-order chi connectivity index (χ0) is 19.0. The van der Waals surface area contributed by atoms with E-state index < -0.39 is 9.84 Å². The minimum absolute atomic E-state index is 0.0272. The van der Waals surface area contributed by atoms with E-state index in [-0.39, 0.29) is 41.7 Å². The lowest BCUT2D eigenvalue weighted by atomic mass is 10.1. The first kappa shape index (κ1) is 18.3. The molecule has 8 heteroatoms. The zero-order valence-electron chi connectivity index (χ0n) is 15.3. The number of benzene rings is 1. The van der Waals surface area contributed by atoms with Crippen molar-refractivity contribution in [2.45, 2.75) is 18.9 Å². The lowest BCUT2D eigenvalue weighted by Gasteiger charge is -2.37. The number of anilines is 1. The van der Waals surface area contributed by atoms with Gasteiger partial charge in [0.05, 0.1) is 17.4 Å². The van der Waals surface area contributed by atoms with Crippen LogP contribution in [0.4, 0.5) is 5.69 Å². The summed E-state index contributed by atoms with van der Waals surface area (Å²) in [4.78, 5) is 31.0. The summed E-state index contributed by atoms with van der Waals surface area (Å²) in [6.45, 7) is 3.21. The normalized spacial score (nSPS) is 28.0. The lowest BCUT2D eigenvalue weighted by molar-refractivity contribution is -0.136. The highest BCUT2D eigenvalue weighted by molar-refractivity contribution is 7.91. The summed E-state index contributed by atoms with van der Waals surface area (Å²) in [5.74, 6) is -0.224. The number of para-hydroxylation sites is 1. The molecule has 3 fully saturated rings. The highest BCUT2D eigenvalue weighted by atomic mass is 32.2. The number of likely N-dealkylation sites (tertiary alicyclic amines) is 1. The third-order valence-electron chi connectivity index (χ3n) is 5.87. The Morgan fingerprint density at radius 1 is 1.04 bits per heavy atom. The van der Waals surface area contributed by atoms with Gasteiger partial charge in [-0.25, -0.2) is 8.42 Å². The van der Waals surface area contributed by atoms with Crippen molar-refractivity contribution in [1.82, 2.24) is 9.80 Å². The Kier molecular flexibility index (Phi) is 4.84. The van der Waals surface area contributed by atoms with Crippen LogP contribution in [-0.4, -0.2) is 80.3 Å². The molecule has 2 amide bonds. The molecule has 4 rings (SSSR count). The molecule has 3 saturated heterocycles. The van der Waals surface area contributed by atoms with Crippen molar-refractivity contribution in [2.75, 3.05) is 49.1 Å². The Labute approximate surface area is 159 Å². The molecule has 2 atom stereocenters. The monoisotopic (exact) mass is 391 g/mol. The van der Waals surface area contributed by atoms with Crippen LogP contribution in [0.15, 0.2) is 30.3 Å². The van der Waals surface area contributed by atoms with Gasteiger partial charge in [0.1, 0.15) is 0 Å². The smallest absolute Gasteiger partial charge is 0.228 e. The van der Waals surface area contributed by atoms with Crippen LogP contribution in [-0.2, 0) is 19.4 Å². The highest BCUT2D eigenvalue weighted by Crippen LogP contribution is 2.28. The second-order valence-corrected chi connectivity index (χ2v) is 9.88. The van der Waals surface area contributed by atoms with Crippen LogP contribution in [0.2, 0.25) is 0 Å². The summed E-state index contributed by atoms with van der Waals surface area (Å²) in [6, 6.07) is 9.89. The number of hydrogen-bond donors (Lipinski definition) is 0. The van der Waals surface area contributed by atoms with Gasteiger partial charge in [0, 0.05) is 50.9 Å². The van der Waals surface area contributed by atoms with Gasteiger partial charge < -0.3 is 14.7 Å². The second-order valence-electron chi connectivity index (χ2n) is 7.65. The van der Waals surface area contributed by atoms with Crippen LogP contribution in [0.5, 0.6) is 0 Å². The van der Waals surface area contributed by atoms with Crippen LogP contribution < -0.4 is 4.90 Å². The summed E-state index contributed by atoms with van der Waals surface area (Å²) in [6.07, 6.45) is 0.693. The second kappa shape index (κ2) is 7.14. The van der Waals surface area contributed by atoms with Crippen LogP contribution in [0, 0.1) is 5.92 Å². The van der Waals surface area contributed by atoms with Crippen LogP contribution in [0.1, 0.15) is 12.8 Å². The average Bonchev–Trinajstić information content (AvgIpc) is 3.24. The van der Waals surface area contributed by atoms with E-state index in [0.29, 0.717) is 26.1 Å². The van der Waals surface area contributed by atoms with E-state index in [2.05, 4.69) is 17.0 Å². The molecule has 3 heterocycles. The number of rotatable bonds is 3. The number of nitrogens with zero attached hydrogens (tertiary/aromatic N) is 3. The standard InChI is InChI=1S/C19H25N3O4S/c23-18-12-15(13-22(18)17-6-11-27(25,26)14-17)19(24)21-9-7-20(8-10-21)16-4-2-1-3-5-16/h1-5,15,17H,6-14H2. The summed E-state index contributed by atoms with van der Waals surface area (Å²) >= 11 is 0. The molecule has 0 N–H and O–H groups in total. The van der Waals surface area contributed by atoms with Gasteiger partial charge in [0.2, 0.25) is 11.8 Å². The molecule has 3 aliphatic rings. The molecule has 1 aromatic carbocycles. The van der Waals surface area contributed by atoms with Crippen LogP contribution in [0.3, 0.4) is 0 Å². The molecule has 0 aliphatic carbocycles. The van der Waals surface area contributed by atoms with Crippen molar-refractivity contribution in [3.8, 4) is 0 Å². The van der Waals surface area contributed by atoms with E-state index in [1.165, 1.54) is 0 Å². The summed E-state index contributed by atoms with van der Waals surface area (Å²) < 4.78 is 23.4. The van der Waals surface area contributed by atoms with Gasteiger partial charge in [-0.05, 0) is 18.6 Å². The number of hydrogen-bond acceptors (Lipinski definition) is 5. The van der Waals surface area contributed by atoms with Gasteiger partial charge in [-0.2, -0.15) is 0 Å². The molecule has 1 aromatic rings. The maximum atomic E-state index is 12.9. The zero-order valence-corrected chi connectivity index (χ0v) is 16.1. The van der Waals surface area contributed by atoms with E-state index in [4.69, 9.17) is 0 Å². The van der Waals surface area contributed by atoms with Crippen molar-refractivity contribution >= 4 is 27.3 Å². The fraction of sp³-hybridized carbons (Fsp3) is 0.579. The third-order valence-corrected chi connectivity index (χ3v) is 7.62. The Bertz CT molecular complexity index is 819. The van der Waals surface area contributed by atoms with Crippen molar-refractivity contribution in [1.29, 1.82) is 0 Å². The fourth-order valence-corrected chi connectivity index (χ4v) is 6.08. The third kappa shape index (κ3) is 3.81. The molecule has 0 saturated carbocycles. The lowest BCUT2D eigenvalue weighted by Crippen LogP contribution is -2.50. The van der Waals surface area contributed by atoms with Crippen molar-refractivity contribution in [3.05, 3.63) is 30.3 Å². The van der Waals surface area contributed by atoms with E-state index in [1.807, 2.05) is 23.1 Å². The maximum Gasteiger partial charge on any atom is 0.228 e. The molecular weight excluding hydrogens is 366 g/mol. The fourth-order valence-electron chi connectivity index (χ4n) is 4.35. The predicted molar refractivity (Wildman–Crippen MR) is 102 cm³/mol. The van der Waals surface area contributed by atoms with Crippen LogP contribution in [0.25, 0.3) is 0 Å². The molecule has 27 heavy (non-hydrogen) atoms. The summed E-state index contributed by atoms with van der Waals surface area (Å²) in [7, 11) is -3.04. The minimum atomic E-state index is -3.04. The Morgan fingerprint density at radius 2 is 1.74 bits per heavy atom. The van der Waals surface area contributed by atoms with Gasteiger partial charge in [0.25, 0.3) is 0 Å². The first-order valence-corrected chi connectivity index (χ1v) is 11.3. The highest BCUT2D eigenvalue weighted by Gasteiger charge is 2.43. The van der Waals surface area contributed by atoms with Gasteiger partial charge >= 0.3 is 0 Å². The summed E-state index contributed by atoms with van der Waals surface area (Å²) in [5.41, 5.74) is 1.16. The number of piperazine rings is 1. The van der Waals surface area contributed by atoms with Gasteiger partial charge in [0.15, 0.2) is 9.84 Å². The van der Waals surface area contributed by atoms with Crippen molar-refractivity contribution in [2.24, 2.45) is 5.92 Å². The quantitative estimate of drug-likeness (QED) is 0.744. The molecule has 0 aromatic heterocycles. The minimum Gasteiger partial charge on any atom is -0.368 e. The maximum absolute atomic E-state index is 12.9. The Morgan fingerprint density at radius 3 is 2.37 bits per heavy atom. The molecule has 0 spiro atoms. The van der Waals surface area contributed by atoms with Gasteiger partial charge in [-0.3, -0.25) is 9.59 Å². The molecular formula is C19H25N3O4S. The van der Waals surface area contributed by atoms with Crippen LogP contribution >= 0.6 is 0 Å². The number of sulfone groups is 1. The molecule has 7 nitrogen and oxygen atoms in total. The molecule has 3 aliphatic heterocycles. The van der Waals surface area contributed by atoms with Crippen molar-refractivity contribution < 1.29 is 18.0 Å². The first-order valence-electron chi connectivity index (χ1n) is 9.51. The van der Waals surface area contributed by atoms with Gasteiger partial charge in [-0.15, -0.1) is 0 Å². The first-order chi connectivity index (χ1) is 12.9. The van der Waals surface area contributed by atoms with Gasteiger partial charge in [-0.1, -0.05) is 18.2 Å². The Balaban J connectivity index is 1.34. The SMILES string of the molecule is O=C(C1CC(=O)N(C2CCS(=O)(=O)C2)C1)N1CCN(c2ccccc2)CC1. The predicted octanol–water partition coefficient (Wildman–Crippen LogP) is 0.371. The molecule has 2 unspecified atom stereocenters. The van der Waals surface area contributed by atoms with Crippen molar-refractivity contribution in [3.63, 3.8) is 0 Å². The largest absolute Gasteiger partial charge is 0.368 e. The number of carbonyl (C=O) groups excluding carboxylic acids is 2.